The number of fused-ring (bicyclic) bond motifs is 2. The zero-order valence-corrected chi connectivity index (χ0v) is 33.9. The van der Waals surface area contributed by atoms with E-state index in [0.29, 0.717) is 48.1 Å². The van der Waals surface area contributed by atoms with E-state index >= 15 is 0 Å². The molecule has 11 nitrogen and oxygen atoms in total. The molecule has 2 unspecified atom stereocenters. The van der Waals surface area contributed by atoms with Gasteiger partial charge >= 0.3 is 24.0 Å². The summed E-state index contributed by atoms with van der Waals surface area (Å²) in [5.74, 6) is 0.167. The van der Waals surface area contributed by atoms with Crippen LogP contribution in [0.15, 0.2) is 0 Å². The predicted molar refractivity (Wildman–Crippen MR) is 204 cm³/mol. The number of hydrogen-bond acceptors (Lipinski definition) is 12. The van der Waals surface area contributed by atoms with Gasteiger partial charge < -0.3 is 30.0 Å². The van der Waals surface area contributed by atoms with Crippen LogP contribution in [0.3, 0.4) is 0 Å². The molecule has 0 aromatic carbocycles. The highest BCUT2D eigenvalue weighted by molar-refractivity contribution is 7.16. The Hall–Kier alpha value is -3.45. The van der Waals surface area contributed by atoms with Gasteiger partial charge in [-0.25, -0.2) is 14.4 Å². The van der Waals surface area contributed by atoms with E-state index in [4.69, 9.17) is 24.7 Å². The molecule has 0 bridgehead atoms. The molecule has 0 aliphatic heterocycles. The molecule has 2 atom stereocenters. The number of nitrogens with one attached hydrogen (secondary N) is 1. The highest BCUT2D eigenvalue weighted by Crippen LogP contribution is 2.43. The minimum Gasteiger partial charge on any atom is -0.462 e. The second kappa shape index (κ2) is 16.9. The Kier molecular flexibility index (Phi) is 13.0. The van der Waals surface area contributed by atoms with Crippen LogP contribution in [0, 0.1) is 17.8 Å². The third-order valence-electron chi connectivity index (χ3n) is 9.50. The van der Waals surface area contributed by atoms with Crippen molar-refractivity contribution in [2.24, 2.45) is 17.8 Å². The van der Waals surface area contributed by atoms with E-state index in [-0.39, 0.29) is 48.0 Å². The van der Waals surface area contributed by atoms with Gasteiger partial charge in [0.1, 0.15) is 22.0 Å². The standard InChI is InChI=1S/C23H31NO5S.C17H25NO4S/c1-23(2,3)29-22(27)24-16-6-4-5-15-19(21(26)28-12-13-7-8-13)18(30-20(15)16)11-17(25)14-9-10-14;1-5-21-16(20)14-11-8-10(6-7-12(11)23-15(14)18)9-13(19)22-17(2,3)4/h13-14,16H,4-12H2,1-3H3,(H,24,27);10H,5-9,18H2,1-4H3. The van der Waals surface area contributed by atoms with Crippen molar-refractivity contribution in [1.82, 2.24) is 5.32 Å². The summed E-state index contributed by atoms with van der Waals surface area (Å²) < 4.78 is 21.5. The van der Waals surface area contributed by atoms with E-state index in [0.717, 1.165) is 83.5 Å². The summed E-state index contributed by atoms with van der Waals surface area (Å²) in [5.41, 5.74) is 7.96. The lowest BCUT2D eigenvalue weighted by molar-refractivity contribution is -0.156. The van der Waals surface area contributed by atoms with Gasteiger partial charge in [-0.15, -0.1) is 22.7 Å². The van der Waals surface area contributed by atoms with Gasteiger partial charge in [0.2, 0.25) is 0 Å². The third kappa shape index (κ3) is 11.5. The fourth-order valence-corrected chi connectivity index (χ4v) is 9.32. The number of carbonyl (C=O) groups excluding carboxylic acids is 5. The van der Waals surface area contributed by atoms with Crippen LogP contribution in [-0.4, -0.2) is 54.2 Å². The molecule has 2 heterocycles. The van der Waals surface area contributed by atoms with Crippen molar-refractivity contribution in [3.05, 3.63) is 36.9 Å². The molecule has 4 aliphatic carbocycles. The average Bonchev–Trinajstić information content (AvgIpc) is 3.97. The van der Waals surface area contributed by atoms with E-state index < -0.39 is 17.3 Å². The van der Waals surface area contributed by atoms with Gasteiger partial charge in [-0.3, -0.25) is 9.59 Å². The Morgan fingerprint density at radius 1 is 0.792 bits per heavy atom. The average molecular weight is 773 g/mol. The first-order valence-electron chi connectivity index (χ1n) is 19.0. The quantitative estimate of drug-likeness (QED) is 0.169. The van der Waals surface area contributed by atoms with Crippen LogP contribution in [0.25, 0.3) is 0 Å². The van der Waals surface area contributed by atoms with Gasteiger partial charge in [0, 0.05) is 33.4 Å². The maximum absolute atomic E-state index is 13.0. The number of aryl methyl sites for hydroxylation is 1. The lowest BCUT2D eigenvalue weighted by Crippen LogP contribution is -2.35. The molecule has 2 aromatic heterocycles. The van der Waals surface area contributed by atoms with Crippen LogP contribution in [-0.2, 0) is 54.2 Å². The van der Waals surface area contributed by atoms with Gasteiger partial charge in [0.05, 0.1) is 30.4 Å². The molecule has 292 valence electrons. The smallest absolute Gasteiger partial charge is 0.408 e. The Morgan fingerprint density at radius 2 is 1.47 bits per heavy atom. The predicted octanol–water partition coefficient (Wildman–Crippen LogP) is 8.08. The molecule has 2 aromatic rings. The van der Waals surface area contributed by atoms with Crippen molar-refractivity contribution < 1.29 is 42.9 Å². The molecule has 2 fully saturated rings. The summed E-state index contributed by atoms with van der Waals surface area (Å²) in [5, 5.41) is 3.49. The van der Waals surface area contributed by atoms with Crippen LogP contribution in [0.2, 0.25) is 0 Å². The van der Waals surface area contributed by atoms with Crippen molar-refractivity contribution in [3.8, 4) is 0 Å². The molecule has 0 saturated heterocycles. The molecular weight excluding hydrogens is 717 g/mol. The molecule has 53 heavy (non-hydrogen) atoms. The summed E-state index contributed by atoms with van der Waals surface area (Å²) in [6.07, 6.45) is 9.19. The third-order valence-corrected chi connectivity index (χ3v) is 12.0. The van der Waals surface area contributed by atoms with Gasteiger partial charge in [0.25, 0.3) is 0 Å². The van der Waals surface area contributed by atoms with E-state index in [1.807, 2.05) is 41.5 Å². The summed E-state index contributed by atoms with van der Waals surface area (Å²) in [6, 6.07) is -0.201. The molecule has 0 radical (unpaired) electrons. The number of esters is 3. The molecule has 2 saturated carbocycles. The van der Waals surface area contributed by atoms with Crippen molar-refractivity contribution in [2.45, 2.75) is 143 Å². The Labute approximate surface area is 321 Å². The number of ether oxygens (including phenoxy) is 4. The number of carbonyl (C=O) groups is 5. The number of amides is 1. The maximum atomic E-state index is 13.0. The molecule has 4 aliphatic rings. The Bertz CT molecular complexity index is 1690. The van der Waals surface area contributed by atoms with E-state index in [1.54, 1.807) is 6.92 Å². The molecule has 13 heteroatoms. The van der Waals surface area contributed by atoms with Gasteiger partial charge in [-0.2, -0.15) is 0 Å². The highest BCUT2D eigenvalue weighted by atomic mass is 32.1. The minimum absolute atomic E-state index is 0.148. The molecular formula is C40H56N2O9S2. The normalized spacial score (nSPS) is 19.5. The molecule has 0 spiro atoms. The zero-order valence-electron chi connectivity index (χ0n) is 32.3. The maximum Gasteiger partial charge on any atom is 0.408 e. The minimum atomic E-state index is -0.573. The van der Waals surface area contributed by atoms with Crippen LogP contribution in [0.5, 0.6) is 0 Å². The first-order chi connectivity index (χ1) is 24.9. The lowest BCUT2D eigenvalue weighted by Gasteiger charge is -2.26. The van der Waals surface area contributed by atoms with Gasteiger partial charge in [0.15, 0.2) is 0 Å². The fourth-order valence-electron chi connectivity index (χ4n) is 6.79. The lowest BCUT2D eigenvalue weighted by atomic mass is 9.84. The Morgan fingerprint density at radius 3 is 2.09 bits per heavy atom. The Balaban J connectivity index is 0.000000212. The SMILES string of the molecule is CC(C)(C)OC(=O)NC1CCCc2c1sc(CC(=O)C1CC1)c2C(=O)OCC1CC1.CCOC(=O)c1c(N)sc2c1CC(CC(=O)OC(C)(C)C)CC2. The number of anilines is 1. The number of nitrogen functional groups attached to an aromatic ring is 1. The summed E-state index contributed by atoms with van der Waals surface area (Å²) >= 11 is 2.95. The molecule has 3 N–H and O–H groups in total. The van der Waals surface area contributed by atoms with Crippen LogP contribution >= 0.6 is 22.7 Å². The molecule has 6 rings (SSSR count). The number of ketones is 1. The van der Waals surface area contributed by atoms with Gasteiger partial charge in [-0.1, -0.05) is 0 Å². The number of alkyl carbamates (subject to hydrolysis) is 1. The number of Topliss-reactive ketones (excluding diaryl/α,β-unsaturated/α-hetero) is 1. The number of hydrogen-bond donors (Lipinski definition) is 2. The van der Waals surface area contributed by atoms with Crippen molar-refractivity contribution in [3.63, 3.8) is 0 Å². The highest BCUT2D eigenvalue weighted by Gasteiger charge is 2.37. The first-order valence-corrected chi connectivity index (χ1v) is 20.7. The monoisotopic (exact) mass is 772 g/mol. The number of nitrogens with two attached hydrogens (primary N) is 1. The first kappa shape index (κ1) is 40.7. The summed E-state index contributed by atoms with van der Waals surface area (Å²) in [7, 11) is 0. The van der Waals surface area contributed by atoms with Crippen molar-refractivity contribution in [2.75, 3.05) is 18.9 Å². The van der Waals surface area contributed by atoms with Crippen molar-refractivity contribution in [1.29, 1.82) is 0 Å². The largest absolute Gasteiger partial charge is 0.462 e. The second-order valence-electron chi connectivity index (χ2n) is 16.7. The topological polar surface area (TPSA) is 160 Å². The van der Waals surface area contributed by atoms with E-state index in [9.17, 15) is 24.0 Å². The van der Waals surface area contributed by atoms with E-state index in [1.165, 1.54) is 22.7 Å². The van der Waals surface area contributed by atoms with Crippen LogP contribution in [0.4, 0.5) is 9.80 Å². The van der Waals surface area contributed by atoms with Gasteiger partial charge in [-0.05, 0) is 136 Å². The molecule has 1 amide bonds. The van der Waals surface area contributed by atoms with Crippen LogP contribution in [0.1, 0.15) is 152 Å². The second-order valence-corrected chi connectivity index (χ2v) is 18.9. The zero-order chi connectivity index (χ0) is 38.7. The summed E-state index contributed by atoms with van der Waals surface area (Å²) in [4.78, 5) is 64.9. The number of rotatable bonds is 11. The number of thiophene rings is 2. The fraction of sp³-hybridized carbons (Fsp3) is 0.675. The van der Waals surface area contributed by atoms with E-state index in [2.05, 4.69) is 5.32 Å². The summed E-state index contributed by atoms with van der Waals surface area (Å²) in [6.45, 7) is 13.6. The van der Waals surface area contributed by atoms with Crippen LogP contribution < -0.4 is 11.1 Å². The van der Waals surface area contributed by atoms with Crippen molar-refractivity contribution >= 4 is 57.5 Å².